The smallest absolute Gasteiger partial charge is 0.251 e. The number of aliphatic hydroxyl groups is 1. The molecule has 0 aliphatic rings. The van der Waals surface area contributed by atoms with Crippen LogP contribution in [0, 0.1) is 13.8 Å². The van der Waals surface area contributed by atoms with Crippen molar-refractivity contribution in [3.63, 3.8) is 0 Å². The molecule has 0 aromatic heterocycles. The molecule has 0 heterocycles. The van der Waals surface area contributed by atoms with Gasteiger partial charge in [-0.1, -0.05) is 42.0 Å². The molecule has 0 saturated heterocycles. The fourth-order valence-electron chi connectivity index (χ4n) is 2.02. The summed E-state index contributed by atoms with van der Waals surface area (Å²) in [5.41, 5.74) is 4.66. The third-order valence-electron chi connectivity index (χ3n) is 3.30. The largest absolute Gasteiger partial charge is 0.392 e. The van der Waals surface area contributed by atoms with E-state index in [-0.39, 0.29) is 12.5 Å². The Hall–Kier alpha value is -2.13. The number of rotatable bonds is 4. The summed E-state index contributed by atoms with van der Waals surface area (Å²) in [6.45, 7) is 4.43. The fourth-order valence-corrected chi connectivity index (χ4v) is 2.02. The number of carbonyl (C=O) groups is 1. The summed E-state index contributed by atoms with van der Waals surface area (Å²) in [6.07, 6.45) is 0. The lowest BCUT2D eigenvalue weighted by atomic mass is 10.0. The Morgan fingerprint density at radius 3 is 2.35 bits per heavy atom. The van der Waals surface area contributed by atoms with E-state index in [0.29, 0.717) is 6.54 Å². The van der Waals surface area contributed by atoms with E-state index in [0.717, 1.165) is 27.8 Å². The van der Waals surface area contributed by atoms with Gasteiger partial charge in [0.05, 0.1) is 6.61 Å². The fraction of sp³-hybridized carbons (Fsp3) is 0.235. The normalized spacial score (nSPS) is 10.3. The minimum absolute atomic E-state index is 0.0368. The SMILES string of the molecule is Cc1ccc(C)c(C(=O)NCc2ccc(CO)cc2)c1. The van der Waals surface area contributed by atoms with Crippen LogP contribution in [0.4, 0.5) is 0 Å². The van der Waals surface area contributed by atoms with Crippen molar-refractivity contribution < 1.29 is 9.90 Å². The van der Waals surface area contributed by atoms with E-state index in [2.05, 4.69) is 5.32 Å². The molecule has 104 valence electrons. The van der Waals surface area contributed by atoms with Crippen molar-refractivity contribution in [2.75, 3.05) is 0 Å². The zero-order chi connectivity index (χ0) is 14.5. The quantitative estimate of drug-likeness (QED) is 0.896. The van der Waals surface area contributed by atoms with Crippen LogP contribution in [0.5, 0.6) is 0 Å². The number of benzene rings is 2. The monoisotopic (exact) mass is 269 g/mol. The molecule has 0 radical (unpaired) electrons. The standard InChI is InChI=1S/C17H19NO2/c1-12-3-4-13(2)16(9-12)17(20)18-10-14-5-7-15(11-19)8-6-14/h3-9,19H,10-11H2,1-2H3,(H,18,20). The van der Waals surface area contributed by atoms with E-state index in [1.807, 2.05) is 56.3 Å². The Labute approximate surface area is 119 Å². The van der Waals surface area contributed by atoms with Gasteiger partial charge in [0.2, 0.25) is 0 Å². The minimum atomic E-state index is -0.0579. The number of nitrogens with one attached hydrogen (secondary N) is 1. The highest BCUT2D eigenvalue weighted by molar-refractivity contribution is 5.95. The number of hydrogen-bond donors (Lipinski definition) is 2. The highest BCUT2D eigenvalue weighted by atomic mass is 16.3. The van der Waals surface area contributed by atoms with Gasteiger partial charge in [0, 0.05) is 12.1 Å². The van der Waals surface area contributed by atoms with Gasteiger partial charge in [-0.05, 0) is 36.6 Å². The second kappa shape index (κ2) is 6.35. The van der Waals surface area contributed by atoms with Crippen molar-refractivity contribution in [1.82, 2.24) is 5.32 Å². The maximum atomic E-state index is 12.2. The Balaban J connectivity index is 2.02. The minimum Gasteiger partial charge on any atom is -0.392 e. The van der Waals surface area contributed by atoms with Crippen molar-refractivity contribution in [1.29, 1.82) is 0 Å². The van der Waals surface area contributed by atoms with Gasteiger partial charge in [-0.3, -0.25) is 4.79 Å². The van der Waals surface area contributed by atoms with Gasteiger partial charge < -0.3 is 10.4 Å². The van der Waals surface area contributed by atoms with Crippen LogP contribution >= 0.6 is 0 Å². The highest BCUT2D eigenvalue weighted by Crippen LogP contribution is 2.11. The third kappa shape index (κ3) is 3.45. The number of hydrogen-bond acceptors (Lipinski definition) is 2. The molecule has 2 aromatic carbocycles. The summed E-state index contributed by atoms with van der Waals surface area (Å²) < 4.78 is 0. The third-order valence-corrected chi connectivity index (χ3v) is 3.30. The Kier molecular flexibility index (Phi) is 4.53. The highest BCUT2D eigenvalue weighted by Gasteiger charge is 2.08. The van der Waals surface area contributed by atoms with Crippen LogP contribution in [-0.2, 0) is 13.2 Å². The van der Waals surface area contributed by atoms with E-state index in [1.165, 1.54) is 0 Å². The van der Waals surface area contributed by atoms with Crippen LogP contribution in [0.15, 0.2) is 42.5 Å². The zero-order valence-electron chi connectivity index (χ0n) is 11.8. The van der Waals surface area contributed by atoms with Gasteiger partial charge in [-0.15, -0.1) is 0 Å². The van der Waals surface area contributed by atoms with Gasteiger partial charge in [-0.2, -0.15) is 0 Å². The molecule has 2 N–H and O–H groups in total. The van der Waals surface area contributed by atoms with E-state index in [1.54, 1.807) is 0 Å². The average molecular weight is 269 g/mol. The number of amides is 1. The zero-order valence-corrected chi connectivity index (χ0v) is 11.8. The molecule has 0 aliphatic heterocycles. The van der Waals surface area contributed by atoms with Gasteiger partial charge in [0.25, 0.3) is 5.91 Å². The molecule has 0 bridgehead atoms. The molecule has 0 saturated carbocycles. The van der Waals surface area contributed by atoms with Crippen molar-refractivity contribution in [2.24, 2.45) is 0 Å². The molecule has 1 amide bonds. The Morgan fingerprint density at radius 1 is 1.05 bits per heavy atom. The second-order valence-electron chi connectivity index (χ2n) is 4.98. The maximum Gasteiger partial charge on any atom is 0.251 e. The van der Waals surface area contributed by atoms with E-state index in [4.69, 9.17) is 5.11 Å². The van der Waals surface area contributed by atoms with E-state index >= 15 is 0 Å². The van der Waals surface area contributed by atoms with Gasteiger partial charge in [0.15, 0.2) is 0 Å². The number of carbonyl (C=O) groups excluding carboxylic acids is 1. The summed E-state index contributed by atoms with van der Waals surface area (Å²) in [6, 6.07) is 13.4. The van der Waals surface area contributed by atoms with Crippen LogP contribution in [0.3, 0.4) is 0 Å². The first-order valence-corrected chi connectivity index (χ1v) is 6.64. The molecule has 3 heteroatoms. The molecule has 0 aliphatic carbocycles. The van der Waals surface area contributed by atoms with E-state index in [9.17, 15) is 4.79 Å². The predicted octanol–water partition coefficient (Wildman–Crippen LogP) is 2.73. The molecular weight excluding hydrogens is 250 g/mol. The van der Waals surface area contributed by atoms with Crippen LogP contribution < -0.4 is 5.32 Å². The Bertz CT molecular complexity index is 603. The Morgan fingerprint density at radius 2 is 1.70 bits per heavy atom. The topological polar surface area (TPSA) is 49.3 Å². The van der Waals surface area contributed by atoms with Gasteiger partial charge in [0.1, 0.15) is 0 Å². The van der Waals surface area contributed by atoms with Crippen molar-refractivity contribution in [3.05, 3.63) is 70.3 Å². The summed E-state index contributed by atoms with van der Waals surface area (Å²) in [7, 11) is 0. The van der Waals surface area contributed by atoms with Gasteiger partial charge in [-0.25, -0.2) is 0 Å². The summed E-state index contributed by atoms with van der Waals surface area (Å²) in [4.78, 5) is 12.2. The average Bonchev–Trinajstić information content (AvgIpc) is 2.47. The predicted molar refractivity (Wildman–Crippen MR) is 79.5 cm³/mol. The molecule has 0 spiro atoms. The van der Waals surface area contributed by atoms with Crippen molar-refractivity contribution >= 4 is 5.91 Å². The van der Waals surface area contributed by atoms with Crippen LogP contribution in [0.25, 0.3) is 0 Å². The van der Waals surface area contributed by atoms with Crippen molar-refractivity contribution in [2.45, 2.75) is 27.0 Å². The summed E-state index contributed by atoms with van der Waals surface area (Å²) in [5, 5.41) is 11.9. The number of aliphatic hydroxyl groups excluding tert-OH is 1. The number of aryl methyl sites for hydroxylation is 2. The van der Waals surface area contributed by atoms with Crippen LogP contribution in [0.1, 0.15) is 32.6 Å². The second-order valence-corrected chi connectivity index (χ2v) is 4.98. The first-order valence-electron chi connectivity index (χ1n) is 6.64. The molecule has 2 rings (SSSR count). The maximum absolute atomic E-state index is 12.2. The molecule has 20 heavy (non-hydrogen) atoms. The first-order chi connectivity index (χ1) is 9.60. The molecule has 0 fully saturated rings. The lowest BCUT2D eigenvalue weighted by molar-refractivity contribution is 0.0950. The summed E-state index contributed by atoms with van der Waals surface area (Å²) >= 11 is 0. The lowest BCUT2D eigenvalue weighted by Crippen LogP contribution is -2.23. The van der Waals surface area contributed by atoms with Crippen molar-refractivity contribution in [3.8, 4) is 0 Å². The molecule has 0 unspecified atom stereocenters. The molecule has 0 atom stereocenters. The lowest BCUT2D eigenvalue weighted by Gasteiger charge is -2.09. The molecule has 3 nitrogen and oxygen atoms in total. The van der Waals surface area contributed by atoms with Crippen LogP contribution in [0.2, 0.25) is 0 Å². The van der Waals surface area contributed by atoms with E-state index < -0.39 is 0 Å². The molecular formula is C17H19NO2. The molecule has 2 aromatic rings. The van der Waals surface area contributed by atoms with Gasteiger partial charge >= 0.3 is 0 Å². The summed E-state index contributed by atoms with van der Waals surface area (Å²) in [5.74, 6) is -0.0579. The first kappa shape index (κ1) is 14.3. The van der Waals surface area contributed by atoms with Crippen LogP contribution in [-0.4, -0.2) is 11.0 Å².